The van der Waals surface area contributed by atoms with E-state index in [9.17, 15) is 24.3 Å². The van der Waals surface area contributed by atoms with Crippen molar-refractivity contribution in [1.82, 2.24) is 10.6 Å². The van der Waals surface area contributed by atoms with Crippen LogP contribution in [0.1, 0.15) is 44.6 Å². The first kappa shape index (κ1) is 23.2. The van der Waals surface area contributed by atoms with E-state index in [0.717, 1.165) is 18.4 Å². The van der Waals surface area contributed by atoms with Gasteiger partial charge in [-0.15, -0.1) is 0 Å². The Morgan fingerprint density at radius 1 is 1.07 bits per heavy atom. The number of carbonyl (C=O) groups excluding carboxylic acids is 2. The van der Waals surface area contributed by atoms with E-state index < -0.39 is 36.0 Å². The van der Waals surface area contributed by atoms with Gasteiger partial charge in [0.15, 0.2) is 0 Å². The van der Waals surface area contributed by atoms with Gasteiger partial charge in [0.05, 0.1) is 0 Å². The van der Waals surface area contributed by atoms with Crippen molar-refractivity contribution in [3.05, 3.63) is 35.9 Å². The summed E-state index contributed by atoms with van der Waals surface area (Å²) in [5.41, 5.74) is 0.749. The Hall–Kier alpha value is -3.10. The number of rotatable bonds is 12. The molecule has 0 heterocycles. The van der Waals surface area contributed by atoms with Crippen molar-refractivity contribution in [2.45, 2.75) is 57.7 Å². The molecule has 2 rings (SSSR count). The lowest BCUT2D eigenvalue weighted by atomic mass is 9.96. The third kappa shape index (κ3) is 8.10. The van der Waals surface area contributed by atoms with Crippen LogP contribution in [0, 0.1) is 11.8 Å². The number of benzene rings is 1. The smallest absolute Gasteiger partial charge is 0.408 e. The van der Waals surface area contributed by atoms with Gasteiger partial charge in [-0.1, -0.05) is 37.3 Å². The van der Waals surface area contributed by atoms with Crippen molar-refractivity contribution >= 4 is 23.9 Å². The van der Waals surface area contributed by atoms with Gasteiger partial charge < -0.3 is 25.6 Å². The molecular weight excluding hydrogens is 392 g/mol. The van der Waals surface area contributed by atoms with Crippen molar-refractivity contribution in [3.63, 3.8) is 0 Å². The molecule has 1 unspecified atom stereocenters. The highest BCUT2D eigenvalue weighted by molar-refractivity contribution is 5.89. The Labute approximate surface area is 174 Å². The van der Waals surface area contributed by atoms with Crippen LogP contribution in [0.2, 0.25) is 0 Å². The Morgan fingerprint density at radius 2 is 1.73 bits per heavy atom. The largest absolute Gasteiger partial charge is 0.481 e. The standard InChI is InChI=1S/C21H28N2O7/c1-13(15-7-8-15)11-17(20(27)28)22-19(26)16(9-10-18(24)25)23-21(29)30-12-14-5-3-2-4-6-14/h2-6,13,15-17H,7-12H2,1H3,(H,22,26)(H,23,29)(H,24,25)(H,27,28)/t13?,16-,17-/m0/s1. The molecule has 30 heavy (non-hydrogen) atoms. The predicted octanol–water partition coefficient (Wildman–Crippen LogP) is 2.15. The van der Waals surface area contributed by atoms with Crippen molar-refractivity contribution in [2.24, 2.45) is 11.8 Å². The average molecular weight is 420 g/mol. The fraction of sp³-hybridized carbons (Fsp3) is 0.524. The number of hydrogen-bond donors (Lipinski definition) is 4. The monoisotopic (exact) mass is 420 g/mol. The number of ether oxygens (including phenoxy) is 1. The molecule has 2 amide bonds. The summed E-state index contributed by atoms with van der Waals surface area (Å²) in [6.07, 6.45) is 0.937. The fourth-order valence-electron chi connectivity index (χ4n) is 3.17. The summed E-state index contributed by atoms with van der Waals surface area (Å²) in [5.74, 6) is -2.43. The van der Waals surface area contributed by atoms with Crippen LogP contribution in [0.4, 0.5) is 4.79 Å². The number of nitrogens with one attached hydrogen (secondary N) is 2. The van der Waals surface area contributed by atoms with Crippen LogP contribution in [0.3, 0.4) is 0 Å². The second-order valence-corrected chi connectivity index (χ2v) is 7.64. The van der Waals surface area contributed by atoms with Crippen LogP contribution in [-0.4, -0.2) is 46.2 Å². The van der Waals surface area contributed by atoms with E-state index in [4.69, 9.17) is 9.84 Å². The number of carbonyl (C=O) groups is 4. The summed E-state index contributed by atoms with van der Waals surface area (Å²) in [7, 11) is 0. The third-order valence-electron chi connectivity index (χ3n) is 5.12. The molecular formula is C21H28N2O7. The molecule has 1 aromatic rings. The third-order valence-corrected chi connectivity index (χ3v) is 5.12. The normalized spacial score (nSPS) is 16.0. The molecule has 0 bridgehead atoms. The SMILES string of the molecule is CC(C[C@H](NC(=O)[C@H](CCC(=O)O)NC(=O)OCc1ccccc1)C(=O)O)C1CC1. The Morgan fingerprint density at radius 3 is 2.30 bits per heavy atom. The average Bonchev–Trinajstić information content (AvgIpc) is 3.54. The van der Waals surface area contributed by atoms with Crippen molar-refractivity contribution in [1.29, 1.82) is 0 Å². The highest BCUT2D eigenvalue weighted by atomic mass is 16.5. The van der Waals surface area contributed by atoms with E-state index >= 15 is 0 Å². The van der Waals surface area contributed by atoms with Gasteiger partial charge in [0.25, 0.3) is 0 Å². The lowest BCUT2D eigenvalue weighted by Gasteiger charge is -2.22. The van der Waals surface area contributed by atoms with E-state index in [-0.39, 0.29) is 31.8 Å². The molecule has 1 saturated carbocycles. The molecule has 0 saturated heterocycles. The number of aliphatic carboxylic acids is 2. The highest BCUT2D eigenvalue weighted by Gasteiger charge is 2.33. The van der Waals surface area contributed by atoms with Crippen molar-refractivity contribution in [2.75, 3.05) is 0 Å². The fourth-order valence-corrected chi connectivity index (χ4v) is 3.17. The topological polar surface area (TPSA) is 142 Å². The number of carboxylic acid groups (broad SMARTS) is 2. The first-order valence-electron chi connectivity index (χ1n) is 9.98. The molecule has 0 aromatic heterocycles. The number of alkyl carbamates (subject to hydrolysis) is 1. The van der Waals surface area contributed by atoms with Crippen LogP contribution in [0.15, 0.2) is 30.3 Å². The molecule has 164 valence electrons. The summed E-state index contributed by atoms with van der Waals surface area (Å²) in [4.78, 5) is 47.2. The zero-order chi connectivity index (χ0) is 22.1. The van der Waals surface area contributed by atoms with E-state index in [1.807, 2.05) is 13.0 Å². The maximum Gasteiger partial charge on any atom is 0.408 e. The van der Waals surface area contributed by atoms with E-state index in [1.165, 1.54) is 0 Å². The zero-order valence-corrected chi connectivity index (χ0v) is 16.9. The molecule has 1 fully saturated rings. The maximum atomic E-state index is 12.6. The van der Waals surface area contributed by atoms with Gasteiger partial charge in [-0.2, -0.15) is 0 Å². The molecule has 9 heteroatoms. The molecule has 0 radical (unpaired) electrons. The molecule has 1 aliphatic rings. The molecule has 0 aliphatic heterocycles. The van der Waals surface area contributed by atoms with Gasteiger partial charge >= 0.3 is 18.0 Å². The van der Waals surface area contributed by atoms with E-state index in [0.29, 0.717) is 5.92 Å². The Kier molecular flexibility index (Phi) is 8.64. The molecule has 3 atom stereocenters. The van der Waals surface area contributed by atoms with Crippen molar-refractivity contribution in [3.8, 4) is 0 Å². The number of carboxylic acids is 2. The minimum atomic E-state index is -1.22. The summed E-state index contributed by atoms with van der Waals surface area (Å²) in [6.45, 7) is 1.93. The summed E-state index contributed by atoms with van der Waals surface area (Å²) < 4.78 is 5.08. The number of amides is 2. The van der Waals surface area contributed by atoms with Crippen LogP contribution >= 0.6 is 0 Å². The molecule has 9 nitrogen and oxygen atoms in total. The van der Waals surface area contributed by atoms with Crippen LogP contribution in [-0.2, 0) is 25.7 Å². The molecule has 0 spiro atoms. The van der Waals surface area contributed by atoms with Gasteiger partial charge in [0, 0.05) is 6.42 Å². The first-order chi connectivity index (χ1) is 14.3. The lowest BCUT2D eigenvalue weighted by Crippen LogP contribution is -2.52. The van der Waals surface area contributed by atoms with Crippen molar-refractivity contribution < 1.29 is 34.1 Å². The van der Waals surface area contributed by atoms with Crippen LogP contribution < -0.4 is 10.6 Å². The second kappa shape index (κ2) is 11.2. The van der Waals surface area contributed by atoms with Gasteiger partial charge in [0.2, 0.25) is 5.91 Å². The summed E-state index contributed by atoms with van der Waals surface area (Å²) >= 11 is 0. The Bertz CT molecular complexity index is 749. The lowest BCUT2D eigenvalue weighted by molar-refractivity contribution is -0.143. The minimum Gasteiger partial charge on any atom is -0.481 e. The first-order valence-corrected chi connectivity index (χ1v) is 9.98. The Balaban J connectivity index is 1.94. The van der Waals surface area contributed by atoms with E-state index in [2.05, 4.69) is 10.6 Å². The van der Waals surface area contributed by atoms with Gasteiger partial charge in [0.1, 0.15) is 18.7 Å². The quantitative estimate of drug-likeness (QED) is 0.406. The summed E-state index contributed by atoms with van der Waals surface area (Å²) in [5, 5.41) is 23.1. The predicted molar refractivity (Wildman–Crippen MR) is 106 cm³/mol. The number of hydrogen-bond acceptors (Lipinski definition) is 5. The highest BCUT2D eigenvalue weighted by Crippen LogP contribution is 2.38. The molecule has 4 N–H and O–H groups in total. The zero-order valence-electron chi connectivity index (χ0n) is 16.9. The van der Waals surface area contributed by atoms with Crippen LogP contribution in [0.5, 0.6) is 0 Å². The van der Waals surface area contributed by atoms with E-state index in [1.54, 1.807) is 24.3 Å². The summed E-state index contributed by atoms with van der Waals surface area (Å²) in [6, 6.07) is 6.59. The minimum absolute atomic E-state index is 0.0173. The maximum absolute atomic E-state index is 12.6. The van der Waals surface area contributed by atoms with Crippen LogP contribution in [0.25, 0.3) is 0 Å². The second-order valence-electron chi connectivity index (χ2n) is 7.64. The molecule has 1 aromatic carbocycles. The molecule has 1 aliphatic carbocycles. The van der Waals surface area contributed by atoms with Gasteiger partial charge in [-0.3, -0.25) is 9.59 Å². The van der Waals surface area contributed by atoms with Gasteiger partial charge in [-0.25, -0.2) is 9.59 Å². The van der Waals surface area contributed by atoms with Gasteiger partial charge in [-0.05, 0) is 43.1 Å².